The molecule has 1 aliphatic rings. The van der Waals surface area contributed by atoms with E-state index in [0.29, 0.717) is 30.5 Å². The van der Waals surface area contributed by atoms with Crippen LogP contribution in [0.4, 0.5) is 35.9 Å². The normalized spacial score (nSPS) is 13.8. The van der Waals surface area contributed by atoms with Crippen LogP contribution >= 0.6 is 0 Å². The van der Waals surface area contributed by atoms with Crippen molar-refractivity contribution in [2.45, 2.75) is 35.7 Å². The zero-order chi connectivity index (χ0) is 33.3. The number of rotatable bonds is 9. The first-order valence-corrected chi connectivity index (χ1v) is 17.1. The van der Waals surface area contributed by atoms with E-state index in [0.717, 1.165) is 34.8 Å². The van der Waals surface area contributed by atoms with Crippen molar-refractivity contribution in [3.63, 3.8) is 0 Å². The summed E-state index contributed by atoms with van der Waals surface area (Å²) in [5.74, 6) is -0.696. The highest BCUT2D eigenvalue weighted by Crippen LogP contribution is 2.34. The third kappa shape index (κ3) is 7.12. The van der Waals surface area contributed by atoms with Crippen LogP contribution < -0.4 is 19.2 Å². The standard InChI is InChI=1S/C32H31F3N4O5S2/c1-22-11-14-27(15-12-22)38(2)46(43,44)28-10-5-7-23(19-28)31(40)36-25-13-16-29(39-17-3-4-18-39)30(21-25)45(41,42)37-26-9-6-8-24(20-26)32(33,34)35/h5-16,19-21,37H,3-4,17-18H2,1-2H3,(H,36,40). The van der Waals surface area contributed by atoms with E-state index in [1.165, 1.54) is 55.6 Å². The Morgan fingerprint density at radius 1 is 0.826 bits per heavy atom. The van der Waals surface area contributed by atoms with Gasteiger partial charge in [0.25, 0.3) is 26.0 Å². The van der Waals surface area contributed by atoms with Gasteiger partial charge in [0.05, 0.1) is 21.8 Å². The predicted octanol–water partition coefficient (Wildman–Crippen LogP) is 6.49. The van der Waals surface area contributed by atoms with Crippen LogP contribution in [-0.4, -0.2) is 42.9 Å². The molecule has 46 heavy (non-hydrogen) atoms. The lowest BCUT2D eigenvalue weighted by Gasteiger charge is -2.23. The molecular formula is C32H31F3N4O5S2. The second kappa shape index (κ2) is 12.7. The molecule has 4 aromatic carbocycles. The Morgan fingerprint density at radius 3 is 2.17 bits per heavy atom. The maximum Gasteiger partial charge on any atom is 0.416 e. The number of benzene rings is 4. The second-order valence-corrected chi connectivity index (χ2v) is 14.5. The number of aryl methyl sites for hydroxylation is 1. The van der Waals surface area contributed by atoms with E-state index in [9.17, 15) is 34.8 Å². The lowest BCUT2D eigenvalue weighted by molar-refractivity contribution is -0.137. The zero-order valence-corrected chi connectivity index (χ0v) is 26.5. The van der Waals surface area contributed by atoms with Gasteiger partial charge in [0, 0.05) is 37.1 Å². The first kappa shape index (κ1) is 32.8. The molecule has 0 bridgehead atoms. The topological polar surface area (TPSA) is 116 Å². The summed E-state index contributed by atoms with van der Waals surface area (Å²) in [6, 6.07) is 20.5. The van der Waals surface area contributed by atoms with Gasteiger partial charge in [0.15, 0.2) is 0 Å². The molecule has 0 radical (unpaired) electrons. The Kier molecular flexibility index (Phi) is 9.05. The average molecular weight is 673 g/mol. The lowest BCUT2D eigenvalue weighted by Crippen LogP contribution is -2.27. The fraction of sp³-hybridized carbons (Fsp3) is 0.219. The minimum absolute atomic E-state index is 0.00787. The van der Waals surface area contributed by atoms with E-state index in [2.05, 4.69) is 10.0 Å². The van der Waals surface area contributed by atoms with Crippen LogP contribution in [0.3, 0.4) is 0 Å². The Labute approximate surface area is 265 Å². The summed E-state index contributed by atoms with van der Waals surface area (Å²) in [6.07, 6.45) is -3.01. The van der Waals surface area contributed by atoms with Gasteiger partial charge in [-0.3, -0.25) is 13.8 Å². The van der Waals surface area contributed by atoms with Gasteiger partial charge in [0.2, 0.25) is 0 Å². The van der Waals surface area contributed by atoms with Crippen molar-refractivity contribution >= 4 is 48.7 Å². The molecule has 0 unspecified atom stereocenters. The fourth-order valence-corrected chi connectivity index (χ4v) is 7.59. The Balaban J connectivity index is 1.43. The molecule has 5 rings (SSSR count). The minimum atomic E-state index is -4.67. The highest BCUT2D eigenvalue weighted by molar-refractivity contribution is 7.93. The number of amides is 1. The van der Waals surface area contributed by atoms with Gasteiger partial charge < -0.3 is 10.2 Å². The molecule has 1 fully saturated rings. The molecule has 2 N–H and O–H groups in total. The van der Waals surface area contributed by atoms with Crippen molar-refractivity contribution in [2.24, 2.45) is 0 Å². The van der Waals surface area contributed by atoms with Crippen molar-refractivity contribution < 1.29 is 34.8 Å². The monoisotopic (exact) mass is 672 g/mol. The highest BCUT2D eigenvalue weighted by atomic mass is 32.2. The van der Waals surface area contributed by atoms with E-state index in [1.54, 1.807) is 24.3 Å². The van der Waals surface area contributed by atoms with Crippen LogP contribution in [0.5, 0.6) is 0 Å². The number of hydrogen-bond donors (Lipinski definition) is 2. The summed E-state index contributed by atoms with van der Waals surface area (Å²) < 4.78 is 97.0. The zero-order valence-electron chi connectivity index (χ0n) is 24.9. The molecule has 0 atom stereocenters. The van der Waals surface area contributed by atoms with Gasteiger partial charge in [-0.05, 0) is 86.5 Å². The second-order valence-electron chi connectivity index (χ2n) is 10.9. The summed E-state index contributed by atoms with van der Waals surface area (Å²) in [6.45, 7) is 3.04. The van der Waals surface area contributed by atoms with Crippen LogP contribution in [0, 0.1) is 6.92 Å². The number of sulfonamides is 2. The molecular weight excluding hydrogens is 642 g/mol. The van der Waals surface area contributed by atoms with Crippen molar-refractivity contribution in [3.05, 3.63) is 108 Å². The average Bonchev–Trinajstić information content (AvgIpc) is 3.56. The Bertz CT molecular complexity index is 1980. The summed E-state index contributed by atoms with van der Waals surface area (Å²) in [7, 11) is -7.05. The van der Waals surface area contributed by atoms with Gasteiger partial charge in [-0.15, -0.1) is 0 Å². The van der Waals surface area contributed by atoms with Gasteiger partial charge in [-0.2, -0.15) is 13.2 Å². The number of carbonyl (C=O) groups excluding carboxylic acids is 1. The van der Waals surface area contributed by atoms with E-state index in [-0.39, 0.29) is 26.7 Å². The van der Waals surface area contributed by atoms with E-state index >= 15 is 0 Å². The molecule has 0 spiro atoms. The number of carbonyl (C=O) groups is 1. The summed E-state index contributed by atoms with van der Waals surface area (Å²) in [5, 5.41) is 2.62. The molecule has 14 heteroatoms. The van der Waals surface area contributed by atoms with E-state index < -0.39 is 37.7 Å². The summed E-state index contributed by atoms with van der Waals surface area (Å²) >= 11 is 0. The number of nitrogens with zero attached hydrogens (tertiary/aromatic N) is 2. The molecule has 0 saturated carbocycles. The van der Waals surface area contributed by atoms with Crippen LogP contribution in [0.2, 0.25) is 0 Å². The van der Waals surface area contributed by atoms with Crippen molar-refractivity contribution in [1.29, 1.82) is 0 Å². The number of anilines is 4. The molecule has 1 aliphatic heterocycles. The first-order valence-electron chi connectivity index (χ1n) is 14.2. The largest absolute Gasteiger partial charge is 0.416 e. The fourth-order valence-electron chi connectivity index (χ4n) is 5.05. The van der Waals surface area contributed by atoms with Gasteiger partial charge >= 0.3 is 6.18 Å². The van der Waals surface area contributed by atoms with E-state index in [4.69, 9.17) is 0 Å². The minimum Gasteiger partial charge on any atom is -0.370 e. The van der Waals surface area contributed by atoms with Crippen molar-refractivity contribution in [3.8, 4) is 0 Å². The molecule has 1 heterocycles. The third-order valence-corrected chi connectivity index (χ3v) is 10.7. The predicted molar refractivity (Wildman–Crippen MR) is 171 cm³/mol. The smallest absolute Gasteiger partial charge is 0.370 e. The lowest BCUT2D eigenvalue weighted by atomic mass is 10.2. The highest BCUT2D eigenvalue weighted by Gasteiger charge is 2.31. The SMILES string of the molecule is Cc1ccc(N(C)S(=O)(=O)c2cccc(C(=O)Nc3ccc(N4CCCC4)c(S(=O)(=O)Nc4cccc(C(F)(F)F)c4)c3)c2)cc1. The molecule has 242 valence electrons. The van der Waals surface area contributed by atoms with Crippen LogP contribution in [0.1, 0.15) is 34.3 Å². The molecule has 0 aliphatic carbocycles. The van der Waals surface area contributed by atoms with Gasteiger partial charge in [0.1, 0.15) is 4.90 Å². The number of hydrogen-bond acceptors (Lipinski definition) is 6. The molecule has 4 aromatic rings. The van der Waals surface area contributed by atoms with Crippen LogP contribution in [0.15, 0.2) is 101 Å². The van der Waals surface area contributed by atoms with Gasteiger partial charge in [-0.25, -0.2) is 16.8 Å². The number of nitrogens with one attached hydrogen (secondary N) is 2. The molecule has 1 saturated heterocycles. The number of halogens is 3. The Morgan fingerprint density at radius 2 is 1.50 bits per heavy atom. The molecule has 0 aromatic heterocycles. The maximum atomic E-state index is 13.6. The third-order valence-electron chi connectivity index (χ3n) is 7.55. The molecule has 9 nitrogen and oxygen atoms in total. The quantitative estimate of drug-likeness (QED) is 0.210. The van der Waals surface area contributed by atoms with Crippen LogP contribution in [0.25, 0.3) is 0 Å². The summed E-state index contributed by atoms with van der Waals surface area (Å²) in [5.41, 5.74) is 0.543. The summed E-state index contributed by atoms with van der Waals surface area (Å²) in [4.78, 5) is 14.8. The van der Waals surface area contributed by atoms with Crippen molar-refractivity contribution in [2.75, 3.05) is 39.4 Å². The van der Waals surface area contributed by atoms with Crippen LogP contribution in [-0.2, 0) is 26.2 Å². The van der Waals surface area contributed by atoms with Gasteiger partial charge in [-0.1, -0.05) is 29.8 Å². The number of alkyl halides is 3. The van der Waals surface area contributed by atoms with E-state index in [1.807, 2.05) is 11.8 Å². The molecule has 1 amide bonds. The maximum absolute atomic E-state index is 13.6. The first-order chi connectivity index (χ1) is 21.6. The Hall–Kier alpha value is -4.56. The van der Waals surface area contributed by atoms with Crippen molar-refractivity contribution in [1.82, 2.24) is 0 Å².